The van der Waals surface area contributed by atoms with Crippen LogP contribution in [-0.4, -0.2) is 42.1 Å². The van der Waals surface area contributed by atoms with Gasteiger partial charge in [0.2, 0.25) is 0 Å². The van der Waals surface area contributed by atoms with Gasteiger partial charge in [0, 0.05) is 25.2 Å². The van der Waals surface area contributed by atoms with Crippen molar-refractivity contribution in [2.45, 2.75) is 24.9 Å². The molecule has 2 fully saturated rings. The van der Waals surface area contributed by atoms with Crippen molar-refractivity contribution in [1.29, 1.82) is 0 Å². The topological polar surface area (TPSA) is 48.8 Å². The van der Waals surface area contributed by atoms with Crippen LogP contribution >= 0.6 is 0 Å². The molecular formula is C12H16N4O. The number of pyridine rings is 1. The van der Waals surface area contributed by atoms with Crippen molar-refractivity contribution in [1.82, 2.24) is 9.88 Å². The van der Waals surface area contributed by atoms with Gasteiger partial charge in [-0.05, 0) is 37.2 Å². The zero-order valence-electron chi connectivity index (χ0n) is 9.91. The largest absolute Gasteiger partial charge is 0.367 e. The van der Waals surface area contributed by atoms with Crippen molar-refractivity contribution in [3.63, 3.8) is 0 Å². The molecule has 1 aromatic heterocycles. The second-order valence-corrected chi connectivity index (χ2v) is 4.92. The van der Waals surface area contributed by atoms with E-state index >= 15 is 0 Å². The minimum atomic E-state index is 0.255. The average Bonchev–Trinajstić information content (AvgIpc) is 2.61. The van der Waals surface area contributed by atoms with Gasteiger partial charge in [-0.15, -0.1) is 4.91 Å². The molecule has 3 heterocycles. The lowest BCUT2D eigenvalue weighted by Gasteiger charge is -2.40. The highest BCUT2D eigenvalue weighted by atomic mass is 16.3. The Morgan fingerprint density at radius 1 is 1.29 bits per heavy atom. The minimum absolute atomic E-state index is 0.255. The number of aromatic nitrogens is 1. The quantitative estimate of drug-likeness (QED) is 0.729. The summed E-state index contributed by atoms with van der Waals surface area (Å²) < 4.78 is 0. The van der Waals surface area contributed by atoms with E-state index in [1.807, 2.05) is 6.07 Å². The lowest BCUT2D eigenvalue weighted by Crippen LogP contribution is -2.52. The number of rotatable bonds is 2. The van der Waals surface area contributed by atoms with Gasteiger partial charge in [0.1, 0.15) is 0 Å². The molecule has 2 aliphatic rings. The number of hydrogen-bond donors (Lipinski definition) is 0. The first-order valence-electron chi connectivity index (χ1n) is 6.04. The van der Waals surface area contributed by atoms with Gasteiger partial charge in [0.05, 0.1) is 11.9 Å². The SMILES string of the molecule is CN1C2CCC1CN(c1ccc(N=O)nc1)C2. The van der Waals surface area contributed by atoms with Crippen molar-refractivity contribution in [3.8, 4) is 0 Å². The van der Waals surface area contributed by atoms with E-state index in [1.165, 1.54) is 12.8 Å². The summed E-state index contributed by atoms with van der Waals surface area (Å²) in [6, 6.07) is 4.95. The molecule has 0 radical (unpaired) electrons. The second-order valence-electron chi connectivity index (χ2n) is 4.92. The monoisotopic (exact) mass is 232 g/mol. The lowest BCUT2D eigenvalue weighted by molar-refractivity contribution is 0.212. The summed E-state index contributed by atoms with van der Waals surface area (Å²) in [5, 5.41) is 2.82. The fraction of sp³-hybridized carbons (Fsp3) is 0.583. The van der Waals surface area contributed by atoms with Crippen molar-refractivity contribution in [2.24, 2.45) is 5.18 Å². The molecule has 0 aliphatic carbocycles. The standard InChI is InChI=1S/C12H16N4O/c1-15-10-2-3-11(15)8-16(7-10)9-4-5-12(14-17)13-6-9/h4-6,10-11H,2-3,7-8H2,1H3. The van der Waals surface area contributed by atoms with Crippen LogP contribution in [0.2, 0.25) is 0 Å². The van der Waals surface area contributed by atoms with Crippen LogP contribution in [0, 0.1) is 4.91 Å². The van der Waals surface area contributed by atoms with E-state index in [0.717, 1.165) is 18.8 Å². The Bertz CT molecular complexity index is 405. The summed E-state index contributed by atoms with van der Waals surface area (Å²) in [5.41, 5.74) is 1.10. The molecule has 2 saturated heterocycles. The molecule has 5 heteroatoms. The molecule has 2 aliphatic heterocycles. The highest BCUT2D eigenvalue weighted by Crippen LogP contribution is 2.31. The molecule has 0 spiro atoms. The second kappa shape index (κ2) is 4.07. The van der Waals surface area contributed by atoms with Crippen LogP contribution in [0.25, 0.3) is 0 Å². The number of piperazine rings is 1. The number of nitroso groups, excluding NO2 is 1. The third kappa shape index (κ3) is 1.80. The van der Waals surface area contributed by atoms with E-state index in [1.54, 1.807) is 12.3 Å². The third-order valence-corrected chi connectivity index (χ3v) is 4.04. The van der Waals surface area contributed by atoms with Gasteiger partial charge in [-0.2, -0.15) is 0 Å². The van der Waals surface area contributed by atoms with Gasteiger partial charge in [0.15, 0.2) is 5.82 Å². The fourth-order valence-corrected chi connectivity index (χ4v) is 2.94. The Hall–Kier alpha value is -1.49. The first kappa shape index (κ1) is 10.7. The maximum Gasteiger partial charge on any atom is 0.196 e. The smallest absolute Gasteiger partial charge is 0.196 e. The summed E-state index contributed by atoms with van der Waals surface area (Å²) in [4.78, 5) is 19.2. The summed E-state index contributed by atoms with van der Waals surface area (Å²) in [6.07, 6.45) is 4.33. The normalized spacial score (nSPS) is 28.4. The molecule has 0 amide bonds. The van der Waals surface area contributed by atoms with E-state index in [2.05, 4.69) is 27.0 Å². The lowest BCUT2D eigenvalue weighted by atomic mass is 10.2. The predicted octanol–water partition coefficient (Wildman–Crippen LogP) is 1.76. The molecule has 2 unspecified atom stereocenters. The van der Waals surface area contributed by atoms with Crippen LogP contribution in [0.1, 0.15) is 12.8 Å². The van der Waals surface area contributed by atoms with Crippen molar-refractivity contribution >= 4 is 11.5 Å². The van der Waals surface area contributed by atoms with Gasteiger partial charge < -0.3 is 4.90 Å². The Balaban J connectivity index is 1.79. The average molecular weight is 232 g/mol. The van der Waals surface area contributed by atoms with Crippen molar-refractivity contribution < 1.29 is 0 Å². The molecule has 1 aromatic rings. The molecule has 0 aromatic carbocycles. The molecule has 2 bridgehead atoms. The molecular weight excluding hydrogens is 216 g/mol. The molecule has 90 valence electrons. The van der Waals surface area contributed by atoms with Gasteiger partial charge in [-0.1, -0.05) is 0 Å². The van der Waals surface area contributed by atoms with Gasteiger partial charge in [0.25, 0.3) is 0 Å². The van der Waals surface area contributed by atoms with Crippen LogP contribution in [0.15, 0.2) is 23.5 Å². The van der Waals surface area contributed by atoms with E-state index in [-0.39, 0.29) is 5.82 Å². The summed E-state index contributed by atoms with van der Waals surface area (Å²) in [6.45, 7) is 2.12. The minimum Gasteiger partial charge on any atom is -0.367 e. The number of nitrogens with zero attached hydrogens (tertiary/aromatic N) is 4. The highest BCUT2D eigenvalue weighted by molar-refractivity contribution is 5.48. The van der Waals surface area contributed by atoms with Gasteiger partial charge in [-0.3, -0.25) is 4.90 Å². The summed E-state index contributed by atoms with van der Waals surface area (Å²) in [7, 11) is 2.22. The Morgan fingerprint density at radius 2 is 2.00 bits per heavy atom. The van der Waals surface area contributed by atoms with Crippen LogP contribution < -0.4 is 4.90 Å². The van der Waals surface area contributed by atoms with Crippen LogP contribution in [0.3, 0.4) is 0 Å². The molecule has 0 N–H and O–H groups in total. The number of likely N-dealkylation sites (N-methyl/N-ethyl adjacent to an activating group) is 1. The number of fused-ring (bicyclic) bond motifs is 2. The molecule has 0 saturated carbocycles. The van der Waals surface area contributed by atoms with Crippen LogP contribution in [-0.2, 0) is 0 Å². The molecule has 5 nitrogen and oxygen atoms in total. The van der Waals surface area contributed by atoms with Crippen LogP contribution in [0.4, 0.5) is 11.5 Å². The third-order valence-electron chi connectivity index (χ3n) is 4.04. The van der Waals surface area contributed by atoms with E-state index in [4.69, 9.17) is 0 Å². The Morgan fingerprint density at radius 3 is 2.53 bits per heavy atom. The van der Waals surface area contributed by atoms with E-state index in [9.17, 15) is 4.91 Å². The number of anilines is 1. The Kier molecular flexibility index (Phi) is 2.55. The summed E-state index contributed by atoms with van der Waals surface area (Å²) >= 11 is 0. The first-order chi connectivity index (χ1) is 8.28. The van der Waals surface area contributed by atoms with E-state index in [0.29, 0.717) is 12.1 Å². The van der Waals surface area contributed by atoms with E-state index < -0.39 is 0 Å². The Labute approximate surface area is 100 Å². The maximum absolute atomic E-state index is 10.3. The molecule has 2 atom stereocenters. The van der Waals surface area contributed by atoms with Gasteiger partial charge >= 0.3 is 0 Å². The summed E-state index contributed by atoms with van der Waals surface area (Å²) in [5.74, 6) is 0.255. The van der Waals surface area contributed by atoms with Crippen molar-refractivity contribution in [2.75, 3.05) is 25.0 Å². The van der Waals surface area contributed by atoms with Gasteiger partial charge in [-0.25, -0.2) is 4.98 Å². The molecule has 17 heavy (non-hydrogen) atoms. The number of hydrogen-bond acceptors (Lipinski definition) is 5. The highest BCUT2D eigenvalue weighted by Gasteiger charge is 2.37. The van der Waals surface area contributed by atoms with Crippen molar-refractivity contribution in [3.05, 3.63) is 23.2 Å². The first-order valence-corrected chi connectivity index (χ1v) is 6.04. The maximum atomic E-state index is 10.3. The predicted molar refractivity (Wildman–Crippen MR) is 66.5 cm³/mol. The zero-order chi connectivity index (χ0) is 11.8. The molecule has 3 rings (SSSR count). The zero-order valence-corrected chi connectivity index (χ0v) is 9.91. The fourth-order valence-electron chi connectivity index (χ4n) is 2.94. The van der Waals surface area contributed by atoms with Crippen LogP contribution in [0.5, 0.6) is 0 Å².